The van der Waals surface area contributed by atoms with E-state index in [4.69, 9.17) is 0 Å². The van der Waals surface area contributed by atoms with Crippen molar-refractivity contribution in [2.24, 2.45) is 5.92 Å². The zero-order valence-corrected chi connectivity index (χ0v) is 17.3. The zero-order valence-electron chi connectivity index (χ0n) is 17.3. The monoisotopic (exact) mass is 410 g/mol. The minimum Gasteiger partial charge on any atom is -0.388 e. The molecule has 6 nitrogen and oxygen atoms in total. The number of carbonyl (C=O) groups is 3. The molecule has 2 aromatic rings. The number of carbonyl (C=O) groups excluding carboxylic acids is 3. The Labute approximate surface area is 177 Å². The van der Waals surface area contributed by atoms with Gasteiger partial charge >= 0.3 is 0 Å². The molecule has 0 aliphatic heterocycles. The fourth-order valence-electron chi connectivity index (χ4n) is 3.52. The molecule has 2 aliphatic carbocycles. The molecule has 6 heteroatoms. The second-order valence-corrected chi connectivity index (χ2v) is 7.54. The minimum absolute atomic E-state index is 0.200. The van der Waals surface area contributed by atoms with E-state index in [0.717, 1.165) is 56.8 Å². The first-order chi connectivity index (χ1) is 14.6. The van der Waals surface area contributed by atoms with Crippen molar-refractivity contribution in [1.82, 2.24) is 9.97 Å². The molecule has 0 bridgehead atoms. The first-order valence-electron chi connectivity index (χ1n) is 10.6. The van der Waals surface area contributed by atoms with E-state index in [9.17, 15) is 19.5 Å². The molecule has 1 N–H and O–H groups in total. The summed E-state index contributed by atoms with van der Waals surface area (Å²) in [5.41, 5.74) is 1.46. The molecular weight excluding hydrogens is 380 g/mol. The van der Waals surface area contributed by atoms with Crippen molar-refractivity contribution in [3.8, 4) is 0 Å². The predicted octanol–water partition coefficient (Wildman–Crippen LogP) is 4.29. The number of nitrogens with zero attached hydrogens (tertiary/aromatic N) is 2. The number of aldehydes is 1. The smallest absolute Gasteiger partial charge is 0.150 e. The second-order valence-electron chi connectivity index (χ2n) is 7.54. The Kier molecular flexibility index (Phi) is 10.6. The molecule has 2 heterocycles. The van der Waals surface area contributed by atoms with E-state index in [1.165, 1.54) is 6.42 Å². The van der Waals surface area contributed by atoms with E-state index in [2.05, 4.69) is 9.97 Å². The van der Waals surface area contributed by atoms with E-state index in [1.807, 2.05) is 0 Å². The lowest BCUT2D eigenvalue weighted by Crippen LogP contribution is -2.25. The van der Waals surface area contributed by atoms with Crippen LogP contribution in [0.5, 0.6) is 0 Å². The van der Waals surface area contributed by atoms with Crippen LogP contribution in [0.15, 0.2) is 49.1 Å². The number of ketones is 2. The SMILES string of the molecule is O=C1CCCCC1.O=C1CCCC[C@H]1[C@@H](O)c1ccncc1.O=Cc1ccncc1. The van der Waals surface area contributed by atoms with Gasteiger partial charge in [0.05, 0.1) is 6.10 Å². The first-order valence-corrected chi connectivity index (χ1v) is 10.6. The number of Topliss-reactive ketones (excluding diaryl/α,β-unsaturated/α-hetero) is 2. The van der Waals surface area contributed by atoms with Crippen molar-refractivity contribution in [2.45, 2.75) is 63.9 Å². The third kappa shape index (κ3) is 8.33. The topological polar surface area (TPSA) is 97.2 Å². The van der Waals surface area contributed by atoms with Gasteiger partial charge in [0.1, 0.15) is 17.9 Å². The molecule has 0 amide bonds. The fraction of sp³-hybridized carbons (Fsp3) is 0.458. The zero-order chi connectivity index (χ0) is 21.6. The molecule has 2 aliphatic rings. The van der Waals surface area contributed by atoms with E-state index < -0.39 is 6.10 Å². The highest BCUT2D eigenvalue weighted by Crippen LogP contribution is 2.31. The van der Waals surface area contributed by atoms with Gasteiger partial charge in [-0.3, -0.25) is 24.4 Å². The van der Waals surface area contributed by atoms with Gasteiger partial charge < -0.3 is 5.11 Å². The maximum atomic E-state index is 11.6. The number of rotatable bonds is 3. The molecule has 0 unspecified atom stereocenters. The summed E-state index contributed by atoms with van der Waals surface area (Å²) in [6.45, 7) is 0. The molecule has 0 aromatic carbocycles. The number of aliphatic hydroxyl groups excluding tert-OH is 1. The summed E-state index contributed by atoms with van der Waals surface area (Å²) in [5.74, 6) is 0.456. The van der Waals surface area contributed by atoms with Crippen molar-refractivity contribution in [3.05, 3.63) is 60.2 Å². The van der Waals surface area contributed by atoms with Gasteiger partial charge in [0.15, 0.2) is 0 Å². The summed E-state index contributed by atoms with van der Waals surface area (Å²) in [7, 11) is 0. The van der Waals surface area contributed by atoms with Gasteiger partial charge in [-0.15, -0.1) is 0 Å². The van der Waals surface area contributed by atoms with E-state index in [0.29, 0.717) is 17.8 Å². The highest BCUT2D eigenvalue weighted by Gasteiger charge is 2.29. The Morgan fingerprint density at radius 2 is 1.40 bits per heavy atom. The largest absolute Gasteiger partial charge is 0.388 e. The van der Waals surface area contributed by atoms with Gasteiger partial charge in [-0.05, 0) is 55.5 Å². The van der Waals surface area contributed by atoms with Crippen LogP contribution in [0.3, 0.4) is 0 Å². The van der Waals surface area contributed by atoms with Gasteiger partial charge in [0.25, 0.3) is 0 Å². The van der Waals surface area contributed by atoms with E-state index in [1.54, 1.807) is 49.1 Å². The molecule has 0 radical (unpaired) electrons. The Bertz CT molecular complexity index is 772. The standard InChI is InChI=1S/C12H15NO2.C6H5NO.C6H10O/c14-11-4-2-1-3-10(11)12(15)9-5-7-13-8-6-9;8-5-6-1-3-7-4-2-6;7-6-4-2-1-3-5-6/h5-8,10,12,15H,1-4H2;1-5H;1-5H2/t10-,12+;;/m1../s1. The van der Waals surface area contributed by atoms with Gasteiger partial charge in [0.2, 0.25) is 0 Å². The maximum absolute atomic E-state index is 11.6. The van der Waals surface area contributed by atoms with Crippen LogP contribution in [-0.4, -0.2) is 32.9 Å². The Balaban J connectivity index is 0.000000179. The van der Waals surface area contributed by atoms with Gasteiger partial charge in [-0.25, -0.2) is 0 Å². The van der Waals surface area contributed by atoms with Crippen molar-refractivity contribution in [1.29, 1.82) is 0 Å². The van der Waals surface area contributed by atoms with E-state index >= 15 is 0 Å². The fourth-order valence-corrected chi connectivity index (χ4v) is 3.52. The lowest BCUT2D eigenvalue weighted by Gasteiger charge is -2.25. The quantitative estimate of drug-likeness (QED) is 0.758. The lowest BCUT2D eigenvalue weighted by molar-refractivity contribution is -0.128. The predicted molar refractivity (Wildman–Crippen MR) is 114 cm³/mol. The van der Waals surface area contributed by atoms with Crippen LogP contribution in [0.1, 0.15) is 79.8 Å². The molecule has 0 spiro atoms. The van der Waals surface area contributed by atoms with Crippen molar-refractivity contribution in [3.63, 3.8) is 0 Å². The Morgan fingerprint density at radius 1 is 0.833 bits per heavy atom. The van der Waals surface area contributed by atoms with Crippen LogP contribution >= 0.6 is 0 Å². The van der Waals surface area contributed by atoms with Crippen LogP contribution in [0, 0.1) is 5.92 Å². The van der Waals surface area contributed by atoms with Gasteiger partial charge in [0, 0.05) is 55.5 Å². The third-order valence-corrected chi connectivity index (χ3v) is 5.28. The summed E-state index contributed by atoms with van der Waals surface area (Å²) < 4.78 is 0. The van der Waals surface area contributed by atoms with Gasteiger partial charge in [-0.1, -0.05) is 12.8 Å². The molecule has 2 saturated carbocycles. The van der Waals surface area contributed by atoms with Crippen LogP contribution in [0.25, 0.3) is 0 Å². The molecule has 2 aromatic heterocycles. The average Bonchev–Trinajstić information content (AvgIpc) is 2.81. The van der Waals surface area contributed by atoms with Crippen molar-refractivity contribution < 1.29 is 19.5 Å². The van der Waals surface area contributed by atoms with E-state index in [-0.39, 0.29) is 11.7 Å². The van der Waals surface area contributed by atoms with Crippen molar-refractivity contribution in [2.75, 3.05) is 0 Å². The number of aliphatic hydroxyl groups is 1. The number of hydrogen-bond donors (Lipinski definition) is 1. The minimum atomic E-state index is -0.652. The third-order valence-electron chi connectivity index (χ3n) is 5.28. The van der Waals surface area contributed by atoms with Gasteiger partial charge in [-0.2, -0.15) is 0 Å². The summed E-state index contributed by atoms with van der Waals surface area (Å²) >= 11 is 0. The number of hydrogen-bond acceptors (Lipinski definition) is 6. The molecular formula is C24H30N2O4. The lowest BCUT2D eigenvalue weighted by atomic mass is 9.82. The molecule has 160 valence electrons. The summed E-state index contributed by atoms with van der Waals surface area (Å²) in [6, 6.07) is 6.86. The Morgan fingerprint density at radius 3 is 1.87 bits per heavy atom. The highest BCUT2D eigenvalue weighted by atomic mass is 16.3. The molecule has 30 heavy (non-hydrogen) atoms. The summed E-state index contributed by atoms with van der Waals surface area (Å²) in [6.07, 6.45) is 15.3. The number of pyridine rings is 2. The summed E-state index contributed by atoms with van der Waals surface area (Å²) in [4.78, 5) is 39.7. The Hall–Kier alpha value is -2.73. The normalized spacial score (nSPS) is 19.4. The van der Waals surface area contributed by atoms with Crippen LogP contribution in [0.4, 0.5) is 0 Å². The molecule has 2 atom stereocenters. The molecule has 2 fully saturated rings. The van der Waals surface area contributed by atoms with Crippen LogP contribution in [-0.2, 0) is 9.59 Å². The second kappa shape index (κ2) is 13.5. The first kappa shape index (κ1) is 23.5. The average molecular weight is 411 g/mol. The summed E-state index contributed by atoms with van der Waals surface area (Å²) in [5, 5.41) is 10.1. The van der Waals surface area contributed by atoms with Crippen LogP contribution < -0.4 is 0 Å². The highest BCUT2D eigenvalue weighted by molar-refractivity contribution is 5.82. The molecule has 0 saturated heterocycles. The molecule has 4 rings (SSSR count). The van der Waals surface area contributed by atoms with Crippen molar-refractivity contribution >= 4 is 17.9 Å². The maximum Gasteiger partial charge on any atom is 0.150 e. The number of aromatic nitrogens is 2. The van der Waals surface area contributed by atoms with Crippen LogP contribution in [0.2, 0.25) is 0 Å².